The van der Waals surface area contributed by atoms with Gasteiger partial charge < -0.3 is 44.4 Å². The highest BCUT2D eigenvalue weighted by atomic mass is 31.2. The van der Waals surface area contributed by atoms with Gasteiger partial charge in [0.2, 0.25) is 5.91 Å². The number of likely N-dealkylation sites (N-methyl/N-ethyl adjacent to an activating group) is 1. The Hall–Kier alpha value is -3.25. The molecule has 0 bridgehead atoms. The molecular formula is C60H92N2O9P+. The van der Waals surface area contributed by atoms with Gasteiger partial charge in [0.25, 0.3) is 0 Å². The number of esters is 1. The SMILES string of the molecule is CC[C@@]12C[C@@]1(C)[C@H](O)[C@@H](C)N(C(=O)CCCCCCCCCCC[P+](c1ccccc1)(c1ccccc1)c1ccccc1)C[C@H](C)C[C@@](C)(O)[C@H](O[C@@H]1O[C@H](C)C[C@H](N(C)C)[C@H]1O)[C@@H](C)[C@H](O)[C@@H](C)C(=O)O2. The van der Waals surface area contributed by atoms with Crippen LogP contribution < -0.4 is 15.9 Å². The van der Waals surface area contributed by atoms with E-state index < -0.39 is 78.4 Å². The van der Waals surface area contributed by atoms with E-state index in [1.807, 2.05) is 53.6 Å². The molecule has 0 radical (unpaired) electrons. The molecule has 0 spiro atoms. The number of aliphatic hydroxyl groups excluding tert-OH is 3. The number of aliphatic hydroxyl groups is 4. The van der Waals surface area contributed by atoms with Crippen LogP contribution in [0.1, 0.15) is 145 Å². The number of carbonyl (C=O) groups excluding carboxylic acids is 2. The summed E-state index contributed by atoms with van der Waals surface area (Å²) in [6, 6.07) is 32.5. The lowest BCUT2D eigenvalue weighted by molar-refractivity contribution is -0.299. The predicted octanol–water partition coefficient (Wildman–Crippen LogP) is 8.80. The van der Waals surface area contributed by atoms with E-state index in [2.05, 4.69) is 91.0 Å². The highest BCUT2D eigenvalue weighted by Crippen LogP contribution is 2.64. The number of amides is 1. The maximum atomic E-state index is 14.4. The average molecular weight is 1020 g/mol. The Labute approximate surface area is 433 Å². The molecule has 4 N–H and O–H groups in total. The summed E-state index contributed by atoms with van der Waals surface area (Å²) in [5.74, 6) is -2.71. The van der Waals surface area contributed by atoms with E-state index in [1.54, 1.807) is 25.7 Å². The fraction of sp³-hybridized carbons (Fsp3) is 0.667. The zero-order chi connectivity index (χ0) is 52.4. The van der Waals surface area contributed by atoms with Gasteiger partial charge >= 0.3 is 5.97 Å². The first-order chi connectivity index (χ1) is 34.2. The molecule has 6 rings (SSSR count). The van der Waals surface area contributed by atoms with Gasteiger partial charge in [0.05, 0.1) is 48.1 Å². The van der Waals surface area contributed by atoms with Gasteiger partial charge in [0.15, 0.2) is 6.29 Å². The van der Waals surface area contributed by atoms with Crippen molar-refractivity contribution in [2.24, 2.45) is 23.2 Å². The zero-order valence-corrected chi connectivity index (χ0v) is 46.4. The van der Waals surface area contributed by atoms with E-state index in [4.69, 9.17) is 14.2 Å². The molecular weight excluding hydrogens is 924 g/mol. The van der Waals surface area contributed by atoms with E-state index >= 15 is 0 Å². The Balaban J connectivity index is 1.07. The minimum Gasteiger partial charge on any atom is -0.458 e. The molecule has 11 nitrogen and oxygen atoms in total. The van der Waals surface area contributed by atoms with Crippen LogP contribution in [0.15, 0.2) is 91.0 Å². The van der Waals surface area contributed by atoms with Crippen LogP contribution in [0.5, 0.6) is 0 Å². The molecule has 0 unspecified atom stereocenters. The molecule has 3 aliphatic rings. The van der Waals surface area contributed by atoms with Crippen molar-refractivity contribution in [3.8, 4) is 0 Å². The summed E-state index contributed by atoms with van der Waals surface area (Å²) in [6.07, 6.45) is 7.16. The van der Waals surface area contributed by atoms with Crippen molar-refractivity contribution in [2.45, 2.75) is 205 Å². The highest BCUT2D eigenvalue weighted by molar-refractivity contribution is 7.95. The Morgan fingerprint density at radius 2 is 1.26 bits per heavy atom. The quantitative estimate of drug-likeness (QED) is 0.0522. The third-order valence-corrected chi connectivity index (χ3v) is 21.7. The molecule has 3 aromatic rings. The number of fused-ring (bicyclic) bond motifs is 1. The van der Waals surface area contributed by atoms with Crippen LogP contribution in [0.4, 0.5) is 0 Å². The van der Waals surface area contributed by atoms with Crippen molar-refractivity contribution in [3.05, 3.63) is 91.0 Å². The first kappa shape index (κ1) is 58.0. The number of hydrogen-bond acceptors (Lipinski definition) is 10. The second-order valence-corrected chi connectivity index (χ2v) is 26.6. The maximum absolute atomic E-state index is 14.4. The van der Waals surface area contributed by atoms with Gasteiger partial charge in [-0.05, 0) is 129 Å². The van der Waals surface area contributed by atoms with Crippen LogP contribution in [0, 0.1) is 23.2 Å². The van der Waals surface area contributed by atoms with Gasteiger partial charge in [0.1, 0.15) is 34.9 Å². The molecule has 2 saturated heterocycles. The minimum atomic E-state index is -1.81. The molecule has 400 valence electrons. The van der Waals surface area contributed by atoms with E-state index in [1.165, 1.54) is 48.0 Å². The molecule has 1 saturated carbocycles. The van der Waals surface area contributed by atoms with E-state index in [9.17, 15) is 30.0 Å². The molecule has 2 heterocycles. The van der Waals surface area contributed by atoms with Crippen LogP contribution in [0.2, 0.25) is 0 Å². The summed E-state index contributed by atoms with van der Waals surface area (Å²) in [6.45, 7) is 14.9. The molecule has 1 amide bonds. The lowest BCUT2D eigenvalue weighted by Gasteiger charge is -2.46. The average Bonchev–Trinajstić information content (AvgIpc) is 3.98. The zero-order valence-electron chi connectivity index (χ0n) is 45.5. The number of rotatable bonds is 19. The number of ether oxygens (including phenoxy) is 3. The fourth-order valence-corrected chi connectivity index (χ4v) is 17.1. The van der Waals surface area contributed by atoms with Crippen molar-refractivity contribution in [3.63, 3.8) is 0 Å². The van der Waals surface area contributed by atoms with Crippen molar-refractivity contribution >= 4 is 35.1 Å². The normalized spacial score (nSPS) is 33.9. The Bertz CT molecular complexity index is 2030. The number of nitrogens with zero attached hydrogens (tertiary/aromatic N) is 2. The topological polar surface area (TPSA) is 149 Å². The van der Waals surface area contributed by atoms with Gasteiger partial charge in [-0.15, -0.1) is 0 Å². The lowest BCUT2D eigenvalue weighted by Crippen LogP contribution is -2.59. The fourth-order valence-electron chi connectivity index (χ4n) is 12.7. The molecule has 1 aliphatic carbocycles. The summed E-state index contributed by atoms with van der Waals surface area (Å²) in [4.78, 5) is 32.1. The molecule has 2 aliphatic heterocycles. The Morgan fingerprint density at radius 1 is 0.764 bits per heavy atom. The summed E-state index contributed by atoms with van der Waals surface area (Å²) < 4.78 is 19.1. The Morgan fingerprint density at radius 3 is 1.76 bits per heavy atom. The largest absolute Gasteiger partial charge is 0.458 e. The lowest BCUT2D eigenvalue weighted by atomic mass is 9.78. The smallest absolute Gasteiger partial charge is 0.311 e. The predicted molar refractivity (Wildman–Crippen MR) is 291 cm³/mol. The van der Waals surface area contributed by atoms with Crippen molar-refractivity contribution in [1.29, 1.82) is 0 Å². The minimum absolute atomic E-state index is 0.0474. The number of unbranched alkanes of at least 4 members (excludes halogenated alkanes) is 8. The molecule has 3 fully saturated rings. The van der Waals surface area contributed by atoms with Gasteiger partial charge in [-0.2, -0.15) is 0 Å². The van der Waals surface area contributed by atoms with Crippen molar-refractivity contribution < 1.29 is 44.2 Å². The Kier molecular flexibility index (Phi) is 20.6. The summed E-state index contributed by atoms with van der Waals surface area (Å²) in [5.41, 5.74) is -3.38. The van der Waals surface area contributed by atoms with Crippen LogP contribution in [0.3, 0.4) is 0 Å². The third-order valence-electron chi connectivity index (χ3n) is 17.2. The van der Waals surface area contributed by atoms with Gasteiger partial charge in [-0.25, -0.2) is 0 Å². The van der Waals surface area contributed by atoms with Gasteiger partial charge in [-0.3, -0.25) is 9.59 Å². The van der Waals surface area contributed by atoms with Crippen molar-refractivity contribution in [1.82, 2.24) is 9.80 Å². The van der Waals surface area contributed by atoms with E-state index in [0.717, 1.165) is 31.8 Å². The van der Waals surface area contributed by atoms with E-state index in [0.29, 0.717) is 25.7 Å². The number of carbonyl (C=O) groups is 2. The number of benzene rings is 3. The van der Waals surface area contributed by atoms with Crippen molar-refractivity contribution in [2.75, 3.05) is 26.8 Å². The van der Waals surface area contributed by atoms with Gasteiger partial charge in [-0.1, -0.05) is 121 Å². The summed E-state index contributed by atoms with van der Waals surface area (Å²) in [5, 5.41) is 52.4. The second-order valence-electron chi connectivity index (χ2n) is 23.0. The third kappa shape index (κ3) is 13.2. The van der Waals surface area contributed by atoms with Gasteiger partial charge in [0, 0.05) is 30.3 Å². The molecule has 14 atom stereocenters. The standard InChI is InChI=1S/C60H92N2O9P/c1-11-60-41-58(60,7)54(66)46(6)62(40-42(2)39-59(8,68)55(44(4)52(64)45(5)56(67)71-60)70-57-53(65)50(61(9)10)38-43(3)69-57)51(63)36-28-17-15-13-12-14-16-18-29-37-72(47-30-22-19-23-31-47,48-32-24-20-25-33-48)49-34-26-21-27-35-49/h19-27,30-35,42-46,50,52-55,57,64-66,68H,11-18,28-29,36-41H2,1-10H3/q+1/t42-,43-,44+,45-,46-,50+,52+,53-,54-,55-,57+,58+,59-,60-/m1/s1. The first-order valence-corrected chi connectivity index (χ1v) is 29.5. The monoisotopic (exact) mass is 1020 g/mol. The molecule has 3 aromatic carbocycles. The molecule has 12 heteroatoms. The summed E-state index contributed by atoms with van der Waals surface area (Å²) >= 11 is 0. The highest BCUT2D eigenvalue weighted by Gasteiger charge is 2.71. The second kappa shape index (κ2) is 25.5. The molecule has 0 aromatic heterocycles. The number of hydrogen-bond donors (Lipinski definition) is 4. The summed E-state index contributed by atoms with van der Waals surface area (Å²) in [7, 11) is 1.97. The van der Waals surface area contributed by atoms with Crippen LogP contribution in [-0.4, -0.2) is 129 Å². The molecule has 72 heavy (non-hydrogen) atoms. The first-order valence-electron chi connectivity index (χ1n) is 27.5. The van der Waals surface area contributed by atoms with E-state index in [-0.39, 0.29) is 36.9 Å². The maximum Gasteiger partial charge on any atom is 0.311 e. The van der Waals surface area contributed by atoms with Crippen LogP contribution in [0.25, 0.3) is 0 Å². The van der Waals surface area contributed by atoms with Crippen LogP contribution in [-0.2, 0) is 23.8 Å². The van der Waals surface area contributed by atoms with Crippen LogP contribution >= 0.6 is 7.26 Å².